The molecule has 0 fully saturated rings. The van der Waals surface area contributed by atoms with Crippen molar-refractivity contribution in [3.63, 3.8) is 0 Å². The van der Waals surface area contributed by atoms with Gasteiger partial charge < -0.3 is 14.8 Å². The quantitative estimate of drug-likeness (QED) is 0.793. The third-order valence-corrected chi connectivity index (χ3v) is 3.68. The van der Waals surface area contributed by atoms with Gasteiger partial charge in [0.2, 0.25) is 0 Å². The lowest BCUT2D eigenvalue weighted by Crippen LogP contribution is -2.25. The molecule has 3 nitrogen and oxygen atoms in total. The predicted octanol–water partition coefficient (Wildman–Crippen LogP) is 3.41. The first-order valence-electron chi connectivity index (χ1n) is 7.24. The van der Waals surface area contributed by atoms with Crippen molar-refractivity contribution in [1.29, 1.82) is 0 Å². The van der Waals surface area contributed by atoms with Crippen LogP contribution in [-0.4, -0.2) is 25.8 Å². The van der Waals surface area contributed by atoms with Gasteiger partial charge in [0.15, 0.2) is 11.5 Å². The highest BCUT2D eigenvalue weighted by Gasteiger charge is 2.05. The molecule has 0 spiro atoms. The van der Waals surface area contributed by atoms with Gasteiger partial charge in [-0.25, -0.2) is 0 Å². The number of hydrogen-bond donors (Lipinski definition) is 1. The van der Waals surface area contributed by atoms with Crippen LogP contribution in [0.5, 0.6) is 11.5 Å². The third kappa shape index (κ3) is 4.74. The van der Waals surface area contributed by atoms with Crippen molar-refractivity contribution in [3.05, 3.63) is 59.7 Å². The van der Waals surface area contributed by atoms with Crippen LogP contribution in [0.25, 0.3) is 0 Å². The summed E-state index contributed by atoms with van der Waals surface area (Å²) < 4.78 is 10.6. The van der Waals surface area contributed by atoms with E-state index in [1.165, 1.54) is 11.1 Å². The minimum atomic E-state index is 0.749. The number of rotatable bonds is 7. The Bertz CT molecular complexity index is 614. The zero-order chi connectivity index (χ0) is 15.8. The molecule has 0 amide bonds. The van der Waals surface area contributed by atoms with Gasteiger partial charge in [0.1, 0.15) is 0 Å². The normalized spacial score (nSPS) is 10.1. The van der Waals surface area contributed by atoms with E-state index in [1.54, 1.807) is 14.2 Å². The molecule has 0 aliphatic carbocycles. The highest BCUT2D eigenvalue weighted by Crippen LogP contribution is 2.27. The number of benzene rings is 2. The Morgan fingerprint density at radius 2 is 1.68 bits per heavy atom. The average molecular weight is 315 g/mol. The van der Waals surface area contributed by atoms with Gasteiger partial charge in [-0.15, -0.1) is 0 Å². The van der Waals surface area contributed by atoms with E-state index in [0.717, 1.165) is 35.9 Å². The summed E-state index contributed by atoms with van der Waals surface area (Å²) in [4.78, 5) is 0.867. The predicted molar refractivity (Wildman–Crippen MR) is 94.0 cm³/mol. The fourth-order valence-corrected chi connectivity index (χ4v) is 2.49. The Labute approximate surface area is 137 Å². The van der Waals surface area contributed by atoms with E-state index >= 15 is 0 Å². The van der Waals surface area contributed by atoms with Crippen LogP contribution in [0.2, 0.25) is 0 Å². The average Bonchev–Trinajstić information content (AvgIpc) is 2.55. The highest BCUT2D eigenvalue weighted by molar-refractivity contribution is 7.80. The molecule has 0 bridgehead atoms. The molecule has 0 saturated heterocycles. The highest BCUT2D eigenvalue weighted by atomic mass is 32.1. The third-order valence-electron chi connectivity index (χ3n) is 3.39. The molecule has 0 radical (unpaired) electrons. The molecule has 1 N–H and O–H groups in total. The minimum Gasteiger partial charge on any atom is -0.493 e. The topological polar surface area (TPSA) is 30.5 Å². The first-order chi connectivity index (χ1) is 10.7. The molecule has 0 aliphatic rings. The lowest BCUT2D eigenvalue weighted by Gasteiger charge is -2.11. The van der Waals surface area contributed by atoms with Gasteiger partial charge in [-0.2, -0.15) is 0 Å². The fraction of sp³-hybridized carbons (Fsp3) is 0.278. The van der Waals surface area contributed by atoms with Crippen LogP contribution in [0.4, 0.5) is 0 Å². The summed E-state index contributed by atoms with van der Waals surface area (Å²) in [6.07, 6.45) is 1.66. The van der Waals surface area contributed by atoms with E-state index in [9.17, 15) is 0 Å². The molecule has 2 aromatic rings. The van der Waals surface area contributed by atoms with Gasteiger partial charge in [0, 0.05) is 13.0 Å². The summed E-state index contributed by atoms with van der Waals surface area (Å²) in [6, 6.07) is 16.2. The van der Waals surface area contributed by atoms with Crippen molar-refractivity contribution < 1.29 is 9.47 Å². The number of hydrogen-bond acceptors (Lipinski definition) is 3. The molecule has 0 aromatic heterocycles. The zero-order valence-corrected chi connectivity index (χ0v) is 13.8. The SMILES string of the molecule is COc1ccc(CCNC(=S)Cc2ccccc2)cc1OC. The number of thiocarbonyl (C=S) groups is 1. The van der Waals surface area contributed by atoms with Gasteiger partial charge in [-0.3, -0.25) is 0 Å². The first-order valence-corrected chi connectivity index (χ1v) is 7.65. The first kappa shape index (κ1) is 16.3. The van der Waals surface area contributed by atoms with Gasteiger partial charge in [0.05, 0.1) is 19.2 Å². The lowest BCUT2D eigenvalue weighted by atomic mass is 10.1. The molecule has 0 saturated carbocycles. The van der Waals surface area contributed by atoms with E-state index < -0.39 is 0 Å². The summed E-state index contributed by atoms with van der Waals surface area (Å²) in [5.41, 5.74) is 2.42. The maximum Gasteiger partial charge on any atom is 0.160 e. The Balaban J connectivity index is 1.82. The van der Waals surface area contributed by atoms with Crippen LogP contribution in [0.3, 0.4) is 0 Å². The van der Waals surface area contributed by atoms with E-state index in [1.807, 2.05) is 36.4 Å². The van der Waals surface area contributed by atoms with E-state index in [0.29, 0.717) is 0 Å². The molecular weight excluding hydrogens is 294 g/mol. The molecule has 116 valence electrons. The number of nitrogens with one attached hydrogen (secondary N) is 1. The molecule has 0 heterocycles. The Hall–Kier alpha value is -2.07. The van der Waals surface area contributed by atoms with E-state index in [4.69, 9.17) is 21.7 Å². The van der Waals surface area contributed by atoms with E-state index in [-0.39, 0.29) is 0 Å². The van der Waals surface area contributed by atoms with Crippen LogP contribution in [0, 0.1) is 0 Å². The summed E-state index contributed by atoms with van der Waals surface area (Å²) >= 11 is 5.38. The molecule has 22 heavy (non-hydrogen) atoms. The van der Waals surface area contributed by atoms with Crippen molar-refractivity contribution in [2.24, 2.45) is 0 Å². The van der Waals surface area contributed by atoms with Crippen LogP contribution >= 0.6 is 12.2 Å². The Kier molecular flexibility index (Phi) is 6.22. The van der Waals surface area contributed by atoms with Crippen molar-refractivity contribution in [2.75, 3.05) is 20.8 Å². The summed E-state index contributed by atoms with van der Waals surface area (Å²) in [5, 5.41) is 3.31. The molecule has 0 atom stereocenters. The largest absolute Gasteiger partial charge is 0.493 e. The standard InChI is InChI=1S/C18H21NO2S/c1-20-16-9-8-15(12-17(16)21-2)10-11-19-18(22)13-14-6-4-3-5-7-14/h3-9,12H,10-11,13H2,1-2H3,(H,19,22). The van der Waals surface area contributed by atoms with Gasteiger partial charge in [-0.1, -0.05) is 48.6 Å². The lowest BCUT2D eigenvalue weighted by molar-refractivity contribution is 0.354. The second-order valence-corrected chi connectivity index (χ2v) is 5.44. The monoisotopic (exact) mass is 315 g/mol. The smallest absolute Gasteiger partial charge is 0.160 e. The Morgan fingerprint density at radius 1 is 0.955 bits per heavy atom. The summed E-state index contributed by atoms with van der Waals surface area (Å²) in [6.45, 7) is 0.807. The fourth-order valence-electron chi connectivity index (χ4n) is 2.23. The molecular formula is C18H21NO2S. The molecule has 2 aromatic carbocycles. The summed E-state index contributed by atoms with van der Waals surface area (Å²) in [7, 11) is 3.29. The second-order valence-electron chi connectivity index (χ2n) is 4.95. The Morgan fingerprint density at radius 3 is 2.36 bits per heavy atom. The maximum atomic E-state index is 5.38. The molecule has 0 aliphatic heterocycles. The van der Waals surface area contributed by atoms with Gasteiger partial charge in [0.25, 0.3) is 0 Å². The summed E-state index contributed by atoms with van der Waals surface area (Å²) in [5.74, 6) is 1.51. The van der Waals surface area contributed by atoms with Crippen molar-refractivity contribution in [2.45, 2.75) is 12.8 Å². The van der Waals surface area contributed by atoms with Crippen molar-refractivity contribution >= 4 is 17.2 Å². The molecule has 2 rings (SSSR count). The van der Waals surface area contributed by atoms with Crippen molar-refractivity contribution in [3.8, 4) is 11.5 Å². The number of methoxy groups -OCH3 is 2. The van der Waals surface area contributed by atoms with Crippen LogP contribution in [0.1, 0.15) is 11.1 Å². The minimum absolute atomic E-state index is 0.749. The van der Waals surface area contributed by atoms with Crippen LogP contribution in [0.15, 0.2) is 48.5 Å². The maximum absolute atomic E-state index is 5.38. The van der Waals surface area contributed by atoms with Gasteiger partial charge >= 0.3 is 0 Å². The zero-order valence-electron chi connectivity index (χ0n) is 13.0. The van der Waals surface area contributed by atoms with Crippen LogP contribution < -0.4 is 14.8 Å². The van der Waals surface area contributed by atoms with Crippen molar-refractivity contribution in [1.82, 2.24) is 5.32 Å². The van der Waals surface area contributed by atoms with Crippen LogP contribution in [-0.2, 0) is 12.8 Å². The van der Waals surface area contributed by atoms with Gasteiger partial charge in [-0.05, 0) is 29.7 Å². The second kappa shape index (κ2) is 8.39. The molecule has 0 unspecified atom stereocenters. The number of ether oxygens (including phenoxy) is 2. The molecule has 4 heteroatoms. The van der Waals surface area contributed by atoms with E-state index in [2.05, 4.69) is 17.4 Å².